The monoisotopic (exact) mass is 384 g/mol. The van der Waals surface area contributed by atoms with Crippen LogP contribution in [0.1, 0.15) is 43.0 Å². The van der Waals surface area contributed by atoms with Gasteiger partial charge in [-0.15, -0.1) is 0 Å². The van der Waals surface area contributed by atoms with E-state index in [1.807, 2.05) is 6.92 Å². The summed E-state index contributed by atoms with van der Waals surface area (Å²) in [5, 5.41) is 3.13. The number of amides is 1. The Morgan fingerprint density at radius 3 is 2.78 bits per heavy atom. The molecular weight excluding hydrogens is 360 g/mol. The number of nitrogens with one attached hydrogen (secondary N) is 1. The first kappa shape index (κ1) is 18.1. The fourth-order valence-corrected chi connectivity index (χ4v) is 3.62. The molecule has 2 unspecified atom stereocenters. The molecule has 1 saturated carbocycles. The third-order valence-corrected chi connectivity index (χ3v) is 4.90. The molecule has 6 heteroatoms. The normalized spacial score (nSPS) is 20.9. The predicted octanol–water partition coefficient (Wildman–Crippen LogP) is 3.10. The first-order valence-electron chi connectivity index (χ1n) is 8.12. The minimum atomic E-state index is -0.0996. The number of rotatable bonds is 6. The molecule has 0 saturated heterocycles. The summed E-state index contributed by atoms with van der Waals surface area (Å²) in [6.07, 6.45) is 4.40. The van der Waals surface area contributed by atoms with E-state index in [-0.39, 0.29) is 11.9 Å². The smallest absolute Gasteiger partial charge is 0.251 e. The van der Waals surface area contributed by atoms with Gasteiger partial charge in [-0.25, -0.2) is 0 Å². The Kier molecular flexibility index (Phi) is 6.72. The van der Waals surface area contributed by atoms with Crippen molar-refractivity contribution in [2.75, 3.05) is 20.3 Å². The zero-order valence-electron chi connectivity index (χ0n) is 13.7. The van der Waals surface area contributed by atoms with Crippen LogP contribution in [0.15, 0.2) is 16.6 Å². The van der Waals surface area contributed by atoms with E-state index in [0.717, 1.165) is 19.3 Å². The highest BCUT2D eigenvalue weighted by atomic mass is 79.9. The first-order valence-corrected chi connectivity index (χ1v) is 8.91. The summed E-state index contributed by atoms with van der Waals surface area (Å²) in [5.41, 5.74) is 6.39. The van der Waals surface area contributed by atoms with E-state index >= 15 is 0 Å². The van der Waals surface area contributed by atoms with Gasteiger partial charge in [0, 0.05) is 11.6 Å². The maximum absolute atomic E-state index is 12.6. The predicted molar refractivity (Wildman–Crippen MR) is 94.1 cm³/mol. The molecule has 1 aliphatic rings. The van der Waals surface area contributed by atoms with Crippen molar-refractivity contribution in [2.24, 2.45) is 11.7 Å². The molecule has 1 aromatic carbocycles. The number of hydrogen-bond acceptors (Lipinski definition) is 4. The molecule has 0 aliphatic heterocycles. The summed E-state index contributed by atoms with van der Waals surface area (Å²) in [5.74, 6) is 1.42. The van der Waals surface area contributed by atoms with E-state index in [1.165, 1.54) is 6.42 Å². The van der Waals surface area contributed by atoms with Gasteiger partial charge in [0.05, 0.1) is 18.2 Å². The zero-order chi connectivity index (χ0) is 16.8. The molecule has 2 rings (SSSR count). The quantitative estimate of drug-likeness (QED) is 0.789. The lowest BCUT2D eigenvalue weighted by Crippen LogP contribution is -2.44. The SMILES string of the molecule is CCOc1c(Br)cc(C(=O)NC2CCCCC2CN)cc1OC. The highest BCUT2D eigenvalue weighted by Crippen LogP contribution is 2.36. The van der Waals surface area contributed by atoms with E-state index in [9.17, 15) is 4.79 Å². The van der Waals surface area contributed by atoms with Crippen molar-refractivity contribution in [3.63, 3.8) is 0 Å². The number of methoxy groups -OCH3 is 1. The van der Waals surface area contributed by atoms with Crippen molar-refractivity contribution < 1.29 is 14.3 Å². The summed E-state index contributed by atoms with van der Waals surface area (Å²) in [7, 11) is 1.57. The largest absolute Gasteiger partial charge is 0.493 e. The van der Waals surface area contributed by atoms with Gasteiger partial charge in [0.25, 0.3) is 5.91 Å². The van der Waals surface area contributed by atoms with Crippen molar-refractivity contribution >= 4 is 21.8 Å². The fraction of sp³-hybridized carbons (Fsp3) is 0.588. The van der Waals surface area contributed by atoms with E-state index < -0.39 is 0 Å². The molecule has 2 atom stereocenters. The molecule has 1 aromatic rings. The molecule has 0 spiro atoms. The molecule has 1 aliphatic carbocycles. The minimum Gasteiger partial charge on any atom is -0.493 e. The Balaban J connectivity index is 2.17. The van der Waals surface area contributed by atoms with E-state index in [0.29, 0.717) is 40.6 Å². The Bertz CT molecular complexity index is 551. The molecule has 128 valence electrons. The molecule has 1 fully saturated rings. The van der Waals surface area contributed by atoms with E-state index in [2.05, 4.69) is 21.2 Å². The second-order valence-electron chi connectivity index (χ2n) is 5.78. The lowest BCUT2D eigenvalue weighted by Gasteiger charge is -2.31. The lowest BCUT2D eigenvalue weighted by atomic mass is 9.84. The van der Waals surface area contributed by atoms with Crippen LogP contribution in [0.4, 0.5) is 0 Å². The van der Waals surface area contributed by atoms with Gasteiger partial charge in [0.1, 0.15) is 0 Å². The van der Waals surface area contributed by atoms with Crippen LogP contribution in [0.25, 0.3) is 0 Å². The number of carbonyl (C=O) groups is 1. The summed E-state index contributed by atoms with van der Waals surface area (Å²) < 4.78 is 11.6. The van der Waals surface area contributed by atoms with Gasteiger partial charge in [0.15, 0.2) is 11.5 Å². The average molecular weight is 385 g/mol. The van der Waals surface area contributed by atoms with E-state index in [4.69, 9.17) is 15.2 Å². The van der Waals surface area contributed by atoms with Crippen LogP contribution in [-0.4, -0.2) is 32.2 Å². The van der Waals surface area contributed by atoms with Gasteiger partial charge in [0.2, 0.25) is 0 Å². The van der Waals surface area contributed by atoms with Crippen LogP contribution in [0.3, 0.4) is 0 Å². The van der Waals surface area contributed by atoms with Crippen LogP contribution in [0.2, 0.25) is 0 Å². The molecule has 3 N–H and O–H groups in total. The Hall–Kier alpha value is -1.27. The number of nitrogens with two attached hydrogens (primary N) is 1. The summed E-state index contributed by atoms with van der Waals surface area (Å²) in [6, 6.07) is 3.63. The standard InChI is InChI=1S/C17H25BrN2O3/c1-3-23-16-13(18)8-12(9-15(16)22-2)17(21)20-14-7-5-4-6-11(14)10-19/h8-9,11,14H,3-7,10,19H2,1-2H3,(H,20,21). The van der Waals surface area contributed by atoms with Crippen molar-refractivity contribution in [2.45, 2.75) is 38.6 Å². The lowest BCUT2D eigenvalue weighted by molar-refractivity contribution is 0.0907. The molecule has 0 bridgehead atoms. The second kappa shape index (κ2) is 8.55. The molecule has 0 heterocycles. The van der Waals surface area contributed by atoms with Gasteiger partial charge in [-0.2, -0.15) is 0 Å². The summed E-state index contributed by atoms with van der Waals surface area (Å²) >= 11 is 3.45. The van der Waals surface area contributed by atoms with Crippen molar-refractivity contribution in [1.82, 2.24) is 5.32 Å². The van der Waals surface area contributed by atoms with Crippen molar-refractivity contribution in [1.29, 1.82) is 0 Å². The van der Waals surface area contributed by atoms with Gasteiger partial charge in [-0.05, 0) is 60.3 Å². The second-order valence-corrected chi connectivity index (χ2v) is 6.64. The Morgan fingerprint density at radius 1 is 1.39 bits per heavy atom. The van der Waals surface area contributed by atoms with E-state index in [1.54, 1.807) is 19.2 Å². The maximum Gasteiger partial charge on any atom is 0.251 e. The van der Waals surface area contributed by atoms with Crippen LogP contribution in [0.5, 0.6) is 11.5 Å². The Labute approximate surface area is 146 Å². The van der Waals surface area contributed by atoms with Gasteiger partial charge < -0.3 is 20.5 Å². The fourth-order valence-electron chi connectivity index (χ4n) is 3.07. The summed E-state index contributed by atoms with van der Waals surface area (Å²) in [6.45, 7) is 3.05. The van der Waals surface area contributed by atoms with Crippen molar-refractivity contribution in [3.05, 3.63) is 22.2 Å². The average Bonchev–Trinajstić information content (AvgIpc) is 2.57. The number of carbonyl (C=O) groups excluding carboxylic acids is 1. The first-order chi connectivity index (χ1) is 11.1. The maximum atomic E-state index is 12.6. The molecule has 1 amide bonds. The minimum absolute atomic E-state index is 0.0996. The molecule has 0 aromatic heterocycles. The third-order valence-electron chi connectivity index (χ3n) is 4.31. The van der Waals surface area contributed by atoms with Gasteiger partial charge in [-0.1, -0.05) is 12.8 Å². The van der Waals surface area contributed by atoms with Crippen LogP contribution in [-0.2, 0) is 0 Å². The van der Waals surface area contributed by atoms with Gasteiger partial charge in [-0.3, -0.25) is 4.79 Å². The van der Waals surface area contributed by atoms with Gasteiger partial charge >= 0.3 is 0 Å². The molecule has 0 radical (unpaired) electrons. The molecule has 5 nitrogen and oxygen atoms in total. The van der Waals surface area contributed by atoms with Crippen molar-refractivity contribution in [3.8, 4) is 11.5 Å². The molecular formula is C17H25BrN2O3. The zero-order valence-corrected chi connectivity index (χ0v) is 15.3. The Morgan fingerprint density at radius 2 is 2.13 bits per heavy atom. The number of ether oxygens (including phenoxy) is 2. The number of benzene rings is 1. The van der Waals surface area contributed by atoms with Crippen LogP contribution >= 0.6 is 15.9 Å². The molecule has 23 heavy (non-hydrogen) atoms. The van der Waals surface area contributed by atoms with Crippen LogP contribution in [0, 0.1) is 5.92 Å². The highest BCUT2D eigenvalue weighted by molar-refractivity contribution is 9.10. The van der Waals surface area contributed by atoms with Crippen LogP contribution < -0.4 is 20.5 Å². The third kappa shape index (κ3) is 4.38. The number of halogens is 1. The highest BCUT2D eigenvalue weighted by Gasteiger charge is 2.26. The number of hydrogen-bond donors (Lipinski definition) is 2. The topological polar surface area (TPSA) is 73.6 Å². The summed E-state index contributed by atoms with van der Waals surface area (Å²) in [4.78, 5) is 12.6.